The maximum Gasteiger partial charge on any atom is 0.123 e. The Balaban J connectivity index is 3.04. The molecule has 0 fully saturated rings. The first-order valence-electron chi connectivity index (χ1n) is 7.07. The lowest BCUT2D eigenvalue weighted by molar-refractivity contribution is 0.0607. The van der Waals surface area contributed by atoms with E-state index in [1.165, 1.54) is 19.3 Å². The summed E-state index contributed by atoms with van der Waals surface area (Å²) in [5.41, 5.74) is 0. The third-order valence-electron chi connectivity index (χ3n) is 3.09. The summed E-state index contributed by atoms with van der Waals surface area (Å²) in [6.45, 7) is 4.78. The van der Waals surface area contributed by atoms with Crippen molar-refractivity contribution in [2.45, 2.75) is 77.5 Å². The first kappa shape index (κ1) is 16.9. The second kappa shape index (κ2) is 12.3. The molecule has 1 N–H and O–H groups in total. The highest BCUT2D eigenvalue weighted by atomic mass is 19.1. The summed E-state index contributed by atoms with van der Waals surface area (Å²) in [6, 6.07) is 0. The van der Waals surface area contributed by atoms with E-state index in [9.17, 15) is 4.39 Å². The Bertz CT molecular complexity index is 137. The number of ether oxygens (including phenoxy) is 1. The summed E-state index contributed by atoms with van der Waals surface area (Å²) in [4.78, 5) is 0. The molecule has 0 radical (unpaired) electrons. The zero-order valence-corrected chi connectivity index (χ0v) is 11.5. The summed E-state index contributed by atoms with van der Waals surface area (Å²) >= 11 is 0. The maximum absolute atomic E-state index is 12.7. The van der Waals surface area contributed by atoms with Crippen LogP contribution in [-0.4, -0.2) is 30.6 Å². The van der Waals surface area contributed by atoms with Crippen molar-refractivity contribution in [1.82, 2.24) is 0 Å². The summed E-state index contributed by atoms with van der Waals surface area (Å²) in [6.07, 6.45) is 7.64. The van der Waals surface area contributed by atoms with Gasteiger partial charge in [-0.3, -0.25) is 0 Å². The Morgan fingerprint density at radius 1 is 1.06 bits per heavy atom. The van der Waals surface area contributed by atoms with Gasteiger partial charge < -0.3 is 9.84 Å². The summed E-state index contributed by atoms with van der Waals surface area (Å²) in [5, 5.41) is 8.51. The minimum Gasteiger partial charge on any atom is -0.393 e. The van der Waals surface area contributed by atoms with Crippen molar-refractivity contribution in [2.75, 3.05) is 13.2 Å². The van der Waals surface area contributed by atoms with Crippen LogP contribution in [0.25, 0.3) is 0 Å². The summed E-state index contributed by atoms with van der Waals surface area (Å²) < 4.78 is 18.2. The van der Waals surface area contributed by atoms with Gasteiger partial charge in [0, 0.05) is 6.61 Å². The molecule has 0 aliphatic rings. The highest BCUT2D eigenvalue weighted by Crippen LogP contribution is 2.10. The van der Waals surface area contributed by atoms with Gasteiger partial charge in [0.2, 0.25) is 0 Å². The molecule has 0 aromatic rings. The van der Waals surface area contributed by atoms with Crippen molar-refractivity contribution in [3.63, 3.8) is 0 Å². The molecule has 0 aromatic heterocycles. The lowest BCUT2D eigenvalue weighted by Crippen LogP contribution is -2.07. The molecule has 104 valence electrons. The Morgan fingerprint density at radius 3 is 2.24 bits per heavy atom. The molecule has 2 atom stereocenters. The molecule has 0 aliphatic carbocycles. The minimum atomic E-state index is -1.01. The van der Waals surface area contributed by atoms with Crippen LogP contribution in [0, 0.1) is 0 Å². The quantitative estimate of drug-likeness (QED) is 0.531. The molecule has 0 saturated carbocycles. The van der Waals surface area contributed by atoms with E-state index in [0.717, 1.165) is 32.3 Å². The van der Waals surface area contributed by atoms with E-state index in [1.807, 2.05) is 0 Å². The van der Waals surface area contributed by atoms with Crippen LogP contribution < -0.4 is 0 Å². The zero-order valence-electron chi connectivity index (χ0n) is 11.5. The van der Waals surface area contributed by atoms with E-state index in [1.54, 1.807) is 0 Å². The van der Waals surface area contributed by atoms with Crippen LogP contribution in [0.4, 0.5) is 4.39 Å². The molecule has 0 aromatic carbocycles. The van der Waals surface area contributed by atoms with E-state index in [-0.39, 0.29) is 6.61 Å². The average molecular weight is 248 g/mol. The standard InChI is InChI=1S/C14H29FO2/c1-3-13(2)17-11-9-7-5-4-6-8-10-14(15)12-16/h13-14,16H,3-12H2,1-2H3. The van der Waals surface area contributed by atoms with Gasteiger partial charge in [0.05, 0.1) is 12.7 Å². The number of halogens is 1. The van der Waals surface area contributed by atoms with Gasteiger partial charge in [0.15, 0.2) is 0 Å². The fraction of sp³-hybridized carbons (Fsp3) is 1.00. The van der Waals surface area contributed by atoms with Crippen molar-refractivity contribution in [2.24, 2.45) is 0 Å². The van der Waals surface area contributed by atoms with Crippen molar-refractivity contribution in [3.05, 3.63) is 0 Å². The molecule has 0 rings (SSSR count). The molecular formula is C14H29FO2. The largest absolute Gasteiger partial charge is 0.393 e. The Morgan fingerprint density at radius 2 is 1.65 bits per heavy atom. The second-order valence-electron chi connectivity index (χ2n) is 4.78. The zero-order chi connectivity index (χ0) is 12.9. The van der Waals surface area contributed by atoms with Crippen LogP contribution in [0.3, 0.4) is 0 Å². The van der Waals surface area contributed by atoms with E-state index in [2.05, 4.69) is 13.8 Å². The summed E-state index contributed by atoms with van der Waals surface area (Å²) in [7, 11) is 0. The number of unbranched alkanes of at least 4 members (excludes halogenated alkanes) is 5. The van der Waals surface area contributed by atoms with E-state index < -0.39 is 6.17 Å². The van der Waals surface area contributed by atoms with E-state index in [4.69, 9.17) is 9.84 Å². The van der Waals surface area contributed by atoms with Gasteiger partial charge in [0.1, 0.15) is 6.17 Å². The van der Waals surface area contributed by atoms with Crippen LogP contribution in [0.2, 0.25) is 0 Å². The molecule has 0 bridgehead atoms. The molecule has 2 unspecified atom stereocenters. The topological polar surface area (TPSA) is 29.5 Å². The van der Waals surface area contributed by atoms with Crippen LogP contribution in [0.1, 0.15) is 65.2 Å². The lowest BCUT2D eigenvalue weighted by Gasteiger charge is -2.10. The minimum absolute atomic E-state index is 0.326. The first-order valence-corrected chi connectivity index (χ1v) is 7.07. The van der Waals surface area contributed by atoms with Crippen LogP contribution in [0.5, 0.6) is 0 Å². The smallest absolute Gasteiger partial charge is 0.123 e. The highest BCUT2D eigenvalue weighted by Gasteiger charge is 2.03. The number of aliphatic hydroxyl groups excluding tert-OH is 1. The molecule has 0 amide bonds. The molecule has 0 saturated heterocycles. The SMILES string of the molecule is CCC(C)OCCCCCCCCC(F)CO. The molecule has 0 spiro atoms. The Kier molecular flexibility index (Phi) is 12.2. The molecule has 3 heteroatoms. The Hall–Kier alpha value is -0.150. The number of aliphatic hydroxyl groups is 1. The van der Waals surface area contributed by atoms with Crippen LogP contribution >= 0.6 is 0 Å². The molecule has 0 aliphatic heterocycles. The van der Waals surface area contributed by atoms with Gasteiger partial charge in [-0.2, -0.15) is 0 Å². The molecular weight excluding hydrogens is 219 g/mol. The molecule has 2 nitrogen and oxygen atoms in total. The number of hydrogen-bond donors (Lipinski definition) is 1. The second-order valence-corrected chi connectivity index (χ2v) is 4.78. The number of alkyl halides is 1. The fourth-order valence-electron chi connectivity index (χ4n) is 1.67. The van der Waals surface area contributed by atoms with Crippen molar-refractivity contribution < 1.29 is 14.2 Å². The third-order valence-corrected chi connectivity index (χ3v) is 3.09. The van der Waals surface area contributed by atoms with Gasteiger partial charge in [-0.05, 0) is 26.2 Å². The van der Waals surface area contributed by atoms with Gasteiger partial charge >= 0.3 is 0 Å². The average Bonchev–Trinajstić information content (AvgIpc) is 2.35. The Labute approximate surface area is 106 Å². The van der Waals surface area contributed by atoms with E-state index in [0.29, 0.717) is 12.5 Å². The fourth-order valence-corrected chi connectivity index (χ4v) is 1.67. The van der Waals surface area contributed by atoms with Gasteiger partial charge in [0.25, 0.3) is 0 Å². The number of rotatable bonds is 12. The van der Waals surface area contributed by atoms with Crippen molar-refractivity contribution in [1.29, 1.82) is 0 Å². The predicted octanol–water partition coefficient (Wildman–Crippen LogP) is 3.86. The van der Waals surface area contributed by atoms with E-state index >= 15 is 0 Å². The lowest BCUT2D eigenvalue weighted by atomic mass is 10.1. The normalized spacial score (nSPS) is 14.8. The number of hydrogen-bond acceptors (Lipinski definition) is 2. The summed E-state index contributed by atoms with van der Waals surface area (Å²) in [5.74, 6) is 0. The molecule has 17 heavy (non-hydrogen) atoms. The predicted molar refractivity (Wildman–Crippen MR) is 70.0 cm³/mol. The van der Waals surface area contributed by atoms with Crippen molar-refractivity contribution >= 4 is 0 Å². The van der Waals surface area contributed by atoms with Gasteiger partial charge in [-0.1, -0.05) is 39.0 Å². The maximum atomic E-state index is 12.7. The first-order chi connectivity index (χ1) is 8.20. The third kappa shape index (κ3) is 12.1. The van der Waals surface area contributed by atoms with Crippen molar-refractivity contribution in [3.8, 4) is 0 Å². The van der Waals surface area contributed by atoms with Gasteiger partial charge in [-0.25, -0.2) is 4.39 Å². The highest BCUT2D eigenvalue weighted by molar-refractivity contribution is 4.54. The van der Waals surface area contributed by atoms with Crippen LogP contribution in [-0.2, 0) is 4.74 Å². The van der Waals surface area contributed by atoms with Crippen LogP contribution in [0.15, 0.2) is 0 Å². The molecule has 0 heterocycles. The monoisotopic (exact) mass is 248 g/mol. The van der Waals surface area contributed by atoms with Gasteiger partial charge in [-0.15, -0.1) is 0 Å².